The van der Waals surface area contributed by atoms with Gasteiger partial charge in [0.15, 0.2) is 0 Å². The molecule has 0 amide bonds. The Morgan fingerprint density at radius 1 is 1.53 bits per heavy atom. The summed E-state index contributed by atoms with van der Waals surface area (Å²) in [5.74, 6) is -0.435. The predicted octanol–water partition coefficient (Wildman–Crippen LogP) is 1.84. The van der Waals surface area contributed by atoms with Crippen LogP contribution in [0.2, 0.25) is 0 Å². The smallest absolute Gasteiger partial charge is 0.214 e. The number of morpholine rings is 1. The van der Waals surface area contributed by atoms with Crippen LogP contribution in [-0.2, 0) is 4.74 Å². The van der Waals surface area contributed by atoms with Crippen molar-refractivity contribution in [1.29, 1.82) is 0 Å². The number of rotatable bonds is 1. The highest BCUT2D eigenvalue weighted by atomic mass is 19.1. The van der Waals surface area contributed by atoms with Gasteiger partial charge in [0.25, 0.3) is 0 Å². The summed E-state index contributed by atoms with van der Waals surface area (Å²) >= 11 is 0. The van der Waals surface area contributed by atoms with Gasteiger partial charge in [0, 0.05) is 24.5 Å². The minimum atomic E-state index is -0.435. The summed E-state index contributed by atoms with van der Waals surface area (Å²) in [6, 6.07) is 3.29. The van der Waals surface area contributed by atoms with Crippen LogP contribution in [0.25, 0.3) is 0 Å². The average Bonchev–Trinajstić information content (AvgIpc) is 2.17. The van der Waals surface area contributed by atoms with E-state index in [2.05, 4.69) is 23.7 Å². The van der Waals surface area contributed by atoms with Gasteiger partial charge in [0.1, 0.15) is 0 Å². The Morgan fingerprint density at radius 2 is 2.33 bits per heavy atom. The number of halogens is 1. The Labute approximate surface area is 88.9 Å². The van der Waals surface area contributed by atoms with E-state index in [-0.39, 0.29) is 5.54 Å². The molecule has 0 unspecified atom stereocenters. The Bertz CT molecular complexity index is 354. The van der Waals surface area contributed by atoms with Gasteiger partial charge in [0.05, 0.1) is 18.8 Å². The monoisotopic (exact) mass is 210 g/mol. The maximum Gasteiger partial charge on any atom is 0.214 e. The molecule has 1 aromatic rings. The first-order valence-electron chi connectivity index (χ1n) is 5.06. The molecule has 82 valence electrons. The minimum Gasteiger partial charge on any atom is -0.377 e. The lowest BCUT2D eigenvalue weighted by Gasteiger charge is -2.43. The van der Waals surface area contributed by atoms with Crippen LogP contribution >= 0.6 is 0 Å². The zero-order chi connectivity index (χ0) is 10.9. The molecular weight excluding hydrogens is 195 g/mol. The molecule has 0 aromatic carbocycles. The van der Waals surface area contributed by atoms with Gasteiger partial charge in [-0.1, -0.05) is 0 Å². The van der Waals surface area contributed by atoms with Crippen molar-refractivity contribution in [2.75, 3.05) is 24.7 Å². The second-order valence-electron chi connectivity index (χ2n) is 4.35. The molecule has 0 saturated carbocycles. The van der Waals surface area contributed by atoms with Crippen LogP contribution in [-0.4, -0.2) is 30.3 Å². The maximum atomic E-state index is 13.0. The van der Waals surface area contributed by atoms with Gasteiger partial charge in [-0.15, -0.1) is 0 Å². The summed E-state index contributed by atoms with van der Waals surface area (Å²) in [5, 5.41) is 0. The second-order valence-corrected chi connectivity index (χ2v) is 4.35. The number of anilines is 1. The molecule has 0 aliphatic carbocycles. The highest BCUT2D eigenvalue weighted by Gasteiger charge is 2.30. The first-order valence-corrected chi connectivity index (χ1v) is 5.06. The van der Waals surface area contributed by atoms with Gasteiger partial charge in [-0.05, 0) is 19.9 Å². The molecule has 0 radical (unpaired) electrons. The lowest BCUT2D eigenvalue weighted by molar-refractivity contribution is 0.0643. The third-order valence-corrected chi connectivity index (χ3v) is 2.67. The van der Waals surface area contributed by atoms with Crippen LogP contribution in [0.3, 0.4) is 0 Å². The molecule has 1 fully saturated rings. The molecule has 0 atom stereocenters. The molecule has 1 saturated heterocycles. The fourth-order valence-electron chi connectivity index (χ4n) is 1.90. The van der Waals surface area contributed by atoms with E-state index in [4.69, 9.17) is 4.74 Å². The van der Waals surface area contributed by atoms with Crippen LogP contribution in [0.15, 0.2) is 18.3 Å². The molecule has 1 aliphatic rings. The van der Waals surface area contributed by atoms with E-state index in [0.717, 1.165) is 12.2 Å². The molecule has 15 heavy (non-hydrogen) atoms. The van der Waals surface area contributed by atoms with E-state index in [1.54, 1.807) is 0 Å². The molecule has 0 N–H and O–H groups in total. The fraction of sp³-hybridized carbons (Fsp3) is 0.545. The molecule has 3 nitrogen and oxygen atoms in total. The highest BCUT2D eigenvalue weighted by molar-refractivity contribution is 5.48. The predicted molar refractivity (Wildman–Crippen MR) is 56.4 cm³/mol. The zero-order valence-corrected chi connectivity index (χ0v) is 9.03. The lowest BCUT2D eigenvalue weighted by atomic mass is 10.0. The highest BCUT2D eigenvalue weighted by Crippen LogP contribution is 2.26. The van der Waals surface area contributed by atoms with E-state index < -0.39 is 5.95 Å². The van der Waals surface area contributed by atoms with Gasteiger partial charge < -0.3 is 9.64 Å². The first kappa shape index (κ1) is 10.4. The quantitative estimate of drug-likeness (QED) is 0.661. The van der Waals surface area contributed by atoms with Gasteiger partial charge in [-0.2, -0.15) is 4.39 Å². The number of ether oxygens (including phenoxy) is 1. The molecule has 0 bridgehead atoms. The Morgan fingerprint density at radius 3 is 3.00 bits per heavy atom. The summed E-state index contributed by atoms with van der Waals surface area (Å²) in [7, 11) is 0. The Balaban J connectivity index is 2.29. The number of hydrogen-bond donors (Lipinski definition) is 0. The summed E-state index contributed by atoms with van der Waals surface area (Å²) in [6.07, 6.45) is 1.50. The molecule has 1 aliphatic heterocycles. The van der Waals surface area contributed by atoms with E-state index in [0.29, 0.717) is 13.2 Å². The van der Waals surface area contributed by atoms with E-state index in [1.165, 1.54) is 12.3 Å². The summed E-state index contributed by atoms with van der Waals surface area (Å²) in [5.41, 5.74) is 0.780. The molecule has 0 spiro atoms. The maximum absolute atomic E-state index is 13.0. The number of pyridine rings is 1. The normalized spacial score (nSPS) is 20.3. The van der Waals surface area contributed by atoms with Crippen LogP contribution in [0.1, 0.15) is 13.8 Å². The van der Waals surface area contributed by atoms with Crippen molar-refractivity contribution in [3.05, 3.63) is 24.3 Å². The van der Waals surface area contributed by atoms with Gasteiger partial charge in [-0.25, -0.2) is 4.98 Å². The standard InChI is InChI=1S/C11H15FN2O/c1-11(2)8-15-6-5-14(11)9-3-4-13-10(12)7-9/h3-4,7H,5-6,8H2,1-2H3. The van der Waals surface area contributed by atoms with Crippen molar-refractivity contribution in [3.8, 4) is 0 Å². The van der Waals surface area contributed by atoms with Crippen molar-refractivity contribution in [1.82, 2.24) is 4.98 Å². The molecule has 4 heteroatoms. The van der Waals surface area contributed by atoms with Crippen molar-refractivity contribution in [2.45, 2.75) is 19.4 Å². The van der Waals surface area contributed by atoms with Crippen LogP contribution in [0, 0.1) is 5.95 Å². The minimum absolute atomic E-state index is 0.0912. The third kappa shape index (κ3) is 2.09. The average molecular weight is 210 g/mol. The lowest BCUT2D eigenvalue weighted by Crippen LogP contribution is -2.53. The van der Waals surface area contributed by atoms with Crippen LogP contribution in [0.5, 0.6) is 0 Å². The number of nitrogens with zero attached hydrogens (tertiary/aromatic N) is 2. The van der Waals surface area contributed by atoms with Crippen molar-refractivity contribution in [3.63, 3.8) is 0 Å². The fourth-order valence-corrected chi connectivity index (χ4v) is 1.90. The first-order chi connectivity index (χ1) is 7.09. The largest absolute Gasteiger partial charge is 0.377 e. The molecular formula is C11H15FN2O. The van der Waals surface area contributed by atoms with E-state index >= 15 is 0 Å². The third-order valence-electron chi connectivity index (χ3n) is 2.67. The molecule has 1 aromatic heterocycles. The van der Waals surface area contributed by atoms with Crippen LogP contribution in [0.4, 0.5) is 10.1 Å². The van der Waals surface area contributed by atoms with Gasteiger partial charge >= 0.3 is 0 Å². The van der Waals surface area contributed by atoms with Crippen LogP contribution < -0.4 is 4.90 Å². The number of aromatic nitrogens is 1. The summed E-state index contributed by atoms with van der Waals surface area (Å²) in [4.78, 5) is 5.71. The summed E-state index contributed by atoms with van der Waals surface area (Å²) < 4.78 is 18.4. The van der Waals surface area contributed by atoms with Crippen molar-refractivity contribution < 1.29 is 9.13 Å². The van der Waals surface area contributed by atoms with E-state index in [9.17, 15) is 4.39 Å². The zero-order valence-electron chi connectivity index (χ0n) is 9.03. The van der Waals surface area contributed by atoms with Crippen molar-refractivity contribution >= 4 is 5.69 Å². The molecule has 2 heterocycles. The van der Waals surface area contributed by atoms with Crippen molar-refractivity contribution in [2.24, 2.45) is 0 Å². The Hall–Kier alpha value is -1.16. The van der Waals surface area contributed by atoms with Gasteiger partial charge in [0.2, 0.25) is 5.95 Å². The topological polar surface area (TPSA) is 25.4 Å². The SMILES string of the molecule is CC1(C)COCCN1c1ccnc(F)c1. The van der Waals surface area contributed by atoms with Gasteiger partial charge in [-0.3, -0.25) is 0 Å². The second kappa shape index (κ2) is 3.77. The number of hydrogen-bond acceptors (Lipinski definition) is 3. The molecule has 2 rings (SSSR count). The van der Waals surface area contributed by atoms with E-state index in [1.807, 2.05) is 6.07 Å². The Kier molecular flexibility index (Phi) is 2.61. The summed E-state index contributed by atoms with van der Waals surface area (Å²) in [6.45, 7) is 6.32.